The number of methoxy groups -OCH3 is 2. The van der Waals surface area contributed by atoms with Gasteiger partial charge in [-0.3, -0.25) is 4.79 Å². The van der Waals surface area contributed by atoms with E-state index in [4.69, 9.17) is 9.47 Å². The number of ether oxygens (including phenoxy) is 2. The van der Waals surface area contributed by atoms with Crippen LogP contribution in [0.4, 0.5) is 0 Å². The van der Waals surface area contributed by atoms with Crippen molar-refractivity contribution in [1.29, 1.82) is 5.26 Å². The van der Waals surface area contributed by atoms with Gasteiger partial charge in [-0.1, -0.05) is 24.3 Å². The number of aromatic hydroxyl groups is 2. The lowest BCUT2D eigenvalue weighted by Crippen LogP contribution is -2.23. The zero-order chi connectivity index (χ0) is 20.5. The first-order chi connectivity index (χ1) is 13.5. The average molecular weight is 380 g/mol. The number of rotatable bonds is 7. The summed E-state index contributed by atoms with van der Waals surface area (Å²) in [5, 5.41) is 31.2. The Bertz CT molecular complexity index is 933. The van der Waals surface area contributed by atoms with Crippen molar-refractivity contribution < 1.29 is 24.5 Å². The Morgan fingerprint density at radius 3 is 2.43 bits per heavy atom. The zero-order valence-electron chi connectivity index (χ0n) is 15.5. The van der Waals surface area contributed by atoms with E-state index in [-0.39, 0.29) is 35.1 Å². The van der Waals surface area contributed by atoms with Gasteiger partial charge in [-0.05, 0) is 41.5 Å². The summed E-state index contributed by atoms with van der Waals surface area (Å²) in [6.07, 6.45) is 4.56. The van der Waals surface area contributed by atoms with Crippen LogP contribution in [0.2, 0.25) is 0 Å². The number of nitrogens with one attached hydrogen (secondary N) is 1. The van der Waals surface area contributed by atoms with Gasteiger partial charge in [-0.25, -0.2) is 0 Å². The number of allylic oxidation sites excluding steroid dienone is 2. The molecule has 0 radical (unpaired) electrons. The van der Waals surface area contributed by atoms with Crippen LogP contribution in [-0.4, -0.2) is 30.3 Å². The number of hydrogen-bond acceptors (Lipinski definition) is 6. The first-order valence-corrected chi connectivity index (χ1v) is 8.28. The summed E-state index contributed by atoms with van der Waals surface area (Å²) in [6, 6.07) is 11.5. The smallest absolute Gasteiger partial charge is 0.262 e. The number of carbonyl (C=O) groups is 1. The van der Waals surface area contributed by atoms with Crippen LogP contribution in [0, 0.1) is 11.3 Å². The van der Waals surface area contributed by atoms with Crippen molar-refractivity contribution in [1.82, 2.24) is 5.32 Å². The minimum Gasteiger partial charge on any atom is -0.508 e. The van der Waals surface area contributed by atoms with Crippen LogP contribution in [0.25, 0.3) is 6.08 Å². The summed E-state index contributed by atoms with van der Waals surface area (Å²) in [7, 11) is 2.85. The highest BCUT2D eigenvalue weighted by Crippen LogP contribution is 2.37. The molecule has 0 fully saturated rings. The van der Waals surface area contributed by atoms with Crippen molar-refractivity contribution in [2.24, 2.45) is 0 Å². The molecule has 28 heavy (non-hydrogen) atoms. The fourth-order valence-electron chi connectivity index (χ4n) is 2.37. The Morgan fingerprint density at radius 1 is 1.18 bits per heavy atom. The lowest BCUT2D eigenvalue weighted by Gasteiger charge is -2.09. The molecule has 7 nitrogen and oxygen atoms in total. The maximum absolute atomic E-state index is 12.1. The number of phenolic OH excluding ortho intramolecular Hbond substituents is 2. The van der Waals surface area contributed by atoms with Crippen LogP contribution >= 0.6 is 0 Å². The maximum atomic E-state index is 12.1. The van der Waals surface area contributed by atoms with Crippen LogP contribution in [0.3, 0.4) is 0 Å². The second-order valence-electron chi connectivity index (χ2n) is 5.68. The minimum atomic E-state index is -0.531. The van der Waals surface area contributed by atoms with Crippen LogP contribution in [0.5, 0.6) is 23.0 Å². The van der Waals surface area contributed by atoms with Gasteiger partial charge < -0.3 is 25.0 Å². The standard InChI is InChI=1S/C21H20N2O5/c1-27-18-10-14(11-19(28-2)20(18)25)5-3-7-16(12-22)21(26)23-13-15-6-4-8-17(24)9-15/h3-11,24-25H,13H2,1-2H3,(H,23,26)/b5-3+,16-7+. The van der Waals surface area contributed by atoms with E-state index in [1.54, 1.807) is 30.3 Å². The van der Waals surface area contributed by atoms with E-state index >= 15 is 0 Å². The van der Waals surface area contributed by atoms with Gasteiger partial charge in [0.05, 0.1) is 14.2 Å². The Morgan fingerprint density at radius 2 is 1.86 bits per heavy atom. The molecule has 0 saturated carbocycles. The van der Waals surface area contributed by atoms with Crippen molar-refractivity contribution in [3.8, 4) is 29.1 Å². The summed E-state index contributed by atoms with van der Waals surface area (Å²) in [6.45, 7) is 0.183. The van der Waals surface area contributed by atoms with Gasteiger partial charge in [0.15, 0.2) is 11.5 Å². The Hall–Kier alpha value is -3.92. The highest BCUT2D eigenvalue weighted by molar-refractivity contribution is 5.97. The number of amides is 1. The molecule has 7 heteroatoms. The molecule has 144 valence electrons. The first-order valence-electron chi connectivity index (χ1n) is 8.28. The van der Waals surface area contributed by atoms with Crippen molar-refractivity contribution in [2.75, 3.05) is 14.2 Å². The third kappa shape index (κ3) is 5.29. The normalized spacial score (nSPS) is 11.1. The van der Waals surface area contributed by atoms with Gasteiger partial charge in [0, 0.05) is 6.54 Å². The van der Waals surface area contributed by atoms with E-state index in [0.717, 1.165) is 0 Å². The molecule has 0 aliphatic heterocycles. The maximum Gasteiger partial charge on any atom is 0.262 e. The average Bonchev–Trinajstić information content (AvgIpc) is 2.70. The molecular weight excluding hydrogens is 360 g/mol. The van der Waals surface area contributed by atoms with E-state index in [1.807, 2.05) is 6.07 Å². The Balaban J connectivity index is 2.10. The molecule has 0 atom stereocenters. The second kappa shape index (κ2) is 9.69. The zero-order valence-corrected chi connectivity index (χ0v) is 15.5. The monoisotopic (exact) mass is 380 g/mol. The lowest BCUT2D eigenvalue weighted by molar-refractivity contribution is -0.117. The van der Waals surface area contributed by atoms with Gasteiger partial charge in [0.2, 0.25) is 5.75 Å². The van der Waals surface area contributed by atoms with Crippen LogP contribution in [0.1, 0.15) is 11.1 Å². The molecule has 0 unspecified atom stereocenters. The molecule has 2 rings (SSSR count). The fourth-order valence-corrected chi connectivity index (χ4v) is 2.37. The highest BCUT2D eigenvalue weighted by Gasteiger charge is 2.10. The Kier molecular flexibility index (Phi) is 7.06. The lowest BCUT2D eigenvalue weighted by atomic mass is 10.1. The number of nitriles is 1. The van der Waals surface area contributed by atoms with Crippen LogP contribution in [0.15, 0.2) is 54.1 Å². The van der Waals surface area contributed by atoms with Gasteiger partial charge in [-0.2, -0.15) is 5.26 Å². The van der Waals surface area contributed by atoms with Crippen molar-refractivity contribution in [3.05, 3.63) is 65.3 Å². The number of benzene rings is 2. The number of phenols is 2. The summed E-state index contributed by atoms with van der Waals surface area (Å²) in [5.41, 5.74) is 1.29. The molecular formula is C21H20N2O5. The molecule has 3 N–H and O–H groups in total. The number of carbonyl (C=O) groups excluding carboxylic acids is 1. The van der Waals surface area contributed by atoms with E-state index in [0.29, 0.717) is 11.1 Å². The Labute approximate surface area is 162 Å². The van der Waals surface area contributed by atoms with Crippen molar-refractivity contribution >= 4 is 12.0 Å². The molecule has 0 saturated heterocycles. The van der Waals surface area contributed by atoms with Gasteiger partial charge in [-0.15, -0.1) is 0 Å². The van der Waals surface area contributed by atoms with E-state index in [1.165, 1.54) is 38.5 Å². The quantitative estimate of drug-likeness (QED) is 0.387. The predicted molar refractivity (Wildman–Crippen MR) is 104 cm³/mol. The molecule has 0 heterocycles. The van der Waals surface area contributed by atoms with Crippen molar-refractivity contribution in [2.45, 2.75) is 6.54 Å². The topological polar surface area (TPSA) is 112 Å². The fraction of sp³-hybridized carbons (Fsp3) is 0.143. The van der Waals surface area contributed by atoms with E-state index in [2.05, 4.69) is 5.32 Å². The highest BCUT2D eigenvalue weighted by atomic mass is 16.5. The molecule has 2 aromatic rings. The first kappa shape index (κ1) is 20.4. The molecule has 0 spiro atoms. The second-order valence-corrected chi connectivity index (χ2v) is 5.68. The summed E-state index contributed by atoms with van der Waals surface area (Å²) in [4.78, 5) is 12.1. The molecule has 1 amide bonds. The third-order valence-corrected chi connectivity index (χ3v) is 3.78. The van der Waals surface area contributed by atoms with Gasteiger partial charge >= 0.3 is 0 Å². The molecule has 0 bridgehead atoms. The molecule has 0 aliphatic carbocycles. The molecule has 0 aromatic heterocycles. The summed E-state index contributed by atoms with van der Waals surface area (Å²) in [5.74, 6) is -0.0525. The predicted octanol–water partition coefficient (Wildman–Crippen LogP) is 2.89. The molecule has 0 aliphatic rings. The van der Waals surface area contributed by atoms with Gasteiger partial charge in [0.25, 0.3) is 5.91 Å². The molecule has 2 aromatic carbocycles. The summed E-state index contributed by atoms with van der Waals surface area (Å²) >= 11 is 0. The van der Waals surface area contributed by atoms with Crippen molar-refractivity contribution in [3.63, 3.8) is 0 Å². The largest absolute Gasteiger partial charge is 0.508 e. The summed E-state index contributed by atoms with van der Waals surface area (Å²) < 4.78 is 10.2. The van der Waals surface area contributed by atoms with Gasteiger partial charge in [0.1, 0.15) is 17.4 Å². The van der Waals surface area contributed by atoms with E-state index in [9.17, 15) is 20.3 Å². The van der Waals surface area contributed by atoms with Crippen LogP contribution in [-0.2, 0) is 11.3 Å². The number of hydrogen-bond donors (Lipinski definition) is 3. The van der Waals surface area contributed by atoms with E-state index < -0.39 is 5.91 Å². The third-order valence-electron chi connectivity index (χ3n) is 3.78. The SMILES string of the molecule is COc1cc(/C=C/C=C(\C#N)C(=O)NCc2cccc(O)c2)cc(OC)c1O. The van der Waals surface area contributed by atoms with Crippen LogP contribution < -0.4 is 14.8 Å². The number of nitrogens with zero attached hydrogens (tertiary/aromatic N) is 1. The minimum absolute atomic E-state index is 0.0749.